The van der Waals surface area contributed by atoms with E-state index < -0.39 is 5.97 Å². The second kappa shape index (κ2) is 8.34. The van der Waals surface area contributed by atoms with Crippen molar-refractivity contribution in [1.82, 2.24) is 4.90 Å². The van der Waals surface area contributed by atoms with E-state index in [0.29, 0.717) is 19.7 Å². The second-order valence-electron chi connectivity index (χ2n) is 6.74. The van der Waals surface area contributed by atoms with Crippen LogP contribution in [0.1, 0.15) is 29.2 Å². The Morgan fingerprint density at radius 2 is 2.00 bits per heavy atom. The van der Waals surface area contributed by atoms with Crippen molar-refractivity contribution in [3.8, 4) is 11.5 Å². The van der Waals surface area contributed by atoms with Crippen LogP contribution in [0.4, 0.5) is 0 Å². The fourth-order valence-electron chi connectivity index (χ4n) is 3.06. The monoisotopic (exact) mass is 355 g/mol. The largest absolute Gasteiger partial charge is 0.481 e. The molecule has 1 aliphatic heterocycles. The molecule has 2 aromatic rings. The van der Waals surface area contributed by atoms with Crippen molar-refractivity contribution >= 4 is 5.97 Å². The third-order valence-electron chi connectivity index (χ3n) is 4.62. The minimum absolute atomic E-state index is 0.0349. The van der Waals surface area contributed by atoms with Crippen LogP contribution in [-0.4, -0.2) is 42.2 Å². The van der Waals surface area contributed by atoms with Gasteiger partial charge in [-0.15, -0.1) is 0 Å². The summed E-state index contributed by atoms with van der Waals surface area (Å²) in [6.07, 6.45) is 0.127. The molecular formula is C21H25NO4. The lowest BCUT2D eigenvalue weighted by atomic mass is 10.1. The molecule has 0 amide bonds. The predicted octanol–water partition coefficient (Wildman–Crippen LogP) is 3.94. The van der Waals surface area contributed by atoms with Crippen LogP contribution in [0.5, 0.6) is 11.5 Å². The summed E-state index contributed by atoms with van der Waals surface area (Å²) >= 11 is 0. The molecule has 5 nitrogen and oxygen atoms in total. The summed E-state index contributed by atoms with van der Waals surface area (Å²) in [5.41, 5.74) is 3.35. The highest BCUT2D eigenvalue weighted by molar-refractivity contribution is 5.66. The molecule has 0 bridgehead atoms. The molecule has 1 aliphatic rings. The SMILES string of the molecule is Cc1ccc(C)c(Oc2ccc(C3CN(CCC(=O)O)CCO3)cc2)c1. The van der Waals surface area contributed by atoms with Gasteiger partial charge in [0.1, 0.15) is 11.5 Å². The van der Waals surface area contributed by atoms with E-state index in [1.807, 2.05) is 44.2 Å². The average Bonchev–Trinajstić information content (AvgIpc) is 2.64. The van der Waals surface area contributed by atoms with Gasteiger partial charge < -0.3 is 14.6 Å². The van der Waals surface area contributed by atoms with E-state index in [0.717, 1.165) is 29.2 Å². The molecule has 0 aromatic heterocycles. The summed E-state index contributed by atoms with van der Waals surface area (Å²) in [6.45, 7) is 6.74. The molecule has 1 fully saturated rings. The summed E-state index contributed by atoms with van der Waals surface area (Å²) in [4.78, 5) is 12.9. The lowest BCUT2D eigenvalue weighted by Crippen LogP contribution is -2.39. The Bertz CT molecular complexity index is 757. The first kappa shape index (κ1) is 18.4. The second-order valence-corrected chi connectivity index (χ2v) is 6.74. The zero-order valence-electron chi connectivity index (χ0n) is 15.3. The summed E-state index contributed by atoms with van der Waals surface area (Å²) in [6, 6.07) is 14.1. The minimum Gasteiger partial charge on any atom is -0.481 e. The van der Waals surface area contributed by atoms with E-state index in [9.17, 15) is 4.79 Å². The Kier molecular flexibility index (Phi) is 5.91. The molecule has 0 spiro atoms. The average molecular weight is 355 g/mol. The van der Waals surface area contributed by atoms with Crippen molar-refractivity contribution in [2.24, 2.45) is 0 Å². The van der Waals surface area contributed by atoms with Gasteiger partial charge in [-0.25, -0.2) is 0 Å². The van der Waals surface area contributed by atoms with Gasteiger partial charge in [0, 0.05) is 19.6 Å². The van der Waals surface area contributed by atoms with Crippen LogP contribution in [-0.2, 0) is 9.53 Å². The van der Waals surface area contributed by atoms with Crippen LogP contribution in [0.2, 0.25) is 0 Å². The number of aryl methyl sites for hydroxylation is 2. The predicted molar refractivity (Wildman–Crippen MR) is 99.8 cm³/mol. The molecule has 26 heavy (non-hydrogen) atoms. The van der Waals surface area contributed by atoms with Crippen LogP contribution in [0.15, 0.2) is 42.5 Å². The molecule has 2 aromatic carbocycles. The highest BCUT2D eigenvalue weighted by Crippen LogP contribution is 2.29. The maximum atomic E-state index is 10.8. The van der Waals surface area contributed by atoms with Crippen molar-refractivity contribution in [1.29, 1.82) is 0 Å². The van der Waals surface area contributed by atoms with E-state index in [1.165, 1.54) is 5.56 Å². The quantitative estimate of drug-likeness (QED) is 0.850. The number of aliphatic carboxylic acids is 1. The van der Waals surface area contributed by atoms with Gasteiger partial charge in [0.15, 0.2) is 0 Å². The maximum Gasteiger partial charge on any atom is 0.304 e. The molecule has 0 radical (unpaired) electrons. The number of rotatable bonds is 6. The first-order chi connectivity index (χ1) is 12.5. The van der Waals surface area contributed by atoms with Crippen molar-refractivity contribution in [2.45, 2.75) is 26.4 Å². The number of carboxylic acid groups (broad SMARTS) is 1. The molecule has 138 valence electrons. The van der Waals surface area contributed by atoms with Crippen LogP contribution in [0.3, 0.4) is 0 Å². The topological polar surface area (TPSA) is 59.0 Å². The first-order valence-corrected chi connectivity index (χ1v) is 8.92. The van der Waals surface area contributed by atoms with Gasteiger partial charge >= 0.3 is 5.97 Å². The molecule has 1 heterocycles. The highest BCUT2D eigenvalue weighted by atomic mass is 16.5. The van der Waals surface area contributed by atoms with Crippen LogP contribution >= 0.6 is 0 Å². The number of morpholine rings is 1. The molecule has 1 atom stereocenters. The number of nitrogens with zero attached hydrogens (tertiary/aromatic N) is 1. The summed E-state index contributed by atoms with van der Waals surface area (Å²) < 4.78 is 11.9. The Hall–Kier alpha value is -2.37. The summed E-state index contributed by atoms with van der Waals surface area (Å²) in [5.74, 6) is 0.897. The number of carboxylic acids is 1. The number of carbonyl (C=O) groups is 1. The lowest BCUT2D eigenvalue weighted by molar-refractivity contribution is -0.137. The van der Waals surface area contributed by atoms with Crippen molar-refractivity contribution in [2.75, 3.05) is 26.2 Å². The Morgan fingerprint density at radius 3 is 2.73 bits per heavy atom. The fraction of sp³-hybridized carbons (Fsp3) is 0.381. The summed E-state index contributed by atoms with van der Waals surface area (Å²) in [7, 11) is 0. The fourth-order valence-corrected chi connectivity index (χ4v) is 3.06. The molecule has 3 rings (SSSR count). The maximum absolute atomic E-state index is 10.8. The number of ether oxygens (including phenoxy) is 2. The van der Waals surface area contributed by atoms with E-state index in [4.69, 9.17) is 14.6 Å². The molecule has 1 N–H and O–H groups in total. The third kappa shape index (κ3) is 4.84. The number of hydrogen-bond acceptors (Lipinski definition) is 4. The van der Waals surface area contributed by atoms with Crippen molar-refractivity contribution in [3.05, 3.63) is 59.2 Å². The lowest BCUT2D eigenvalue weighted by Gasteiger charge is -2.32. The molecule has 5 heteroatoms. The van der Waals surface area contributed by atoms with Crippen molar-refractivity contribution in [3.63, 3.8) is 0 Å². The Labute approximate surface area is 154 Å². The standard InChI is InChI=1S/C21H25NO4/c1-15-3-4-16(2)19(13-15)26-18-7-5-17(6-8-18)20-14-22(11-12-25-20)10-9-21(23)24/h3-8,13,20H,9-12,14H2,1-2H3,(H,23,24). The molecule has 1 unspecified atom stereocenters. The van der Waals surface area contributed by atoms with Crippen LogP contribution in [0.25, 0.3) is 0 Å². The summed E-state index contributed by atoms with van der Waals surface area (Å²) in [5, 5.41) is 8.84. The van der Waals surface area contributed by atoms with Gasteiger partial charge in [-0.05, 0) is 48.7 Å². The van der Waals surface area contributed by atoms with E-state index in [-0.39, 0.29) is 12.5 Å². The smallest absolute Gasteiger partial charge is 0.304 e. The normalized spacial score (nSPS) is 17.8. The van der Waals surface area contributed by atoms with E-state index in [1.54, 1.807) is 0 Å². The van der Waals surface area contributed by atoms with Gasteiger partial charge in [-0.3, -0.25) is 9.69 Å². The number of benzene rings is 2. The van der Waals surface area contributed by atoms with E-state index in [2.05, 4.69) is 17.0 Å². The zero-order chi connectivity index (χ0) is 18.5. The van der Waals surface area contributed by atoms with Crippen molar-refractivity contribution < 1.29 is 19.4 Å². The third-order valence-corrected chi connectivity index (χ3v) is 4.62. The Morgan fingerprint density at radius 1 is 1.23 bits per heavy atom. The highest BCUT2D eigenvalue weighted by Gasteiger charge is 2.22. The van der Waals surface area contributed by atoms with Gasteiger partial charge in [0.05, 0.1) is 19.1 Å². The minimum atomic E-state index is -0.763. The van der Waals surface area contributed by atoms with Gasteiger partial charge in [0.2, 0.25) is 0 Å². The Balaban J connectivity index is 1.63. The van der Waals surface area contributed by atoms with Gasteiger partial charge in [-0.2, -0.15) is 0 Å². The van der Waals surface area contributed by atoms with Crippen LogP contribution < -0.4 is 4.74 Å². The van der Waals surface area contributed by atoms with Crippen LogP contribution in [0, 0.1) is 13.8 Å². The molecule has 0 aliphatic carbocycles. The van der Waals surface area contributed by atoms with E-state index >= 15 is 0 Å². The molecule has 0 saturated carbocycles. The first-order valence-electron chi connectivity index (χ1n) is 8.92. The van der Waals surface area contributed by atoms with Gasteiger partial charge in [0.25, 0.3) is 0 Å². The van der Waals surface area contributed by atoms with Gasteiger partial charge in [-0.1, -0.05) is 24.3 Å². The number of hydrogen-bond donors (Lipinski definition) is 1. The molecular weight excluding hydrogens is 330 g/mol. The zero-order valence-corrected chi connectivity index (χ0v) is 15.3. The molecule has 1 saturated heterocycles.